The summed E-state index contributed by atoms with van der Waals surface area (Å²) in [6.07, 6.45) is 0.824. The average molecular weight is 258 g/mol. The molecule has 4 heteroatoms. The lowest BCUT2D eigenvalue weighted by molar-refractivity contribution is 0.0697. The van der Waals surface area contributed by atoms with Gasteiger partial charge in [0.05, 0.1) is 5.56 Å². The summed E-state index contributed by atoms with van der Waals surface area (Å²) >= 11 is 3.31. The number of halogens is 1. The fourth-order valence-electron chi connectivity index (χ4n) is 1.18. The van der Waals surface area contributed by atoms with Crippen molar-refractivity contribution in [2.45, 2.75) is 19.4 Å². The van der Waals surface area contributed by atoms with Gasteiger partial charge in [-0.2, -0.15) is 0 Å². The number of hydrogen-bond donors (Lipinski definition) is 2. The van der Waals surface area contributed by atoms with Gasteiger partial charge in [-0.05, 0) is 24.1 Å². The largest absolute Gasteiger partial charge is 0.478 e. The SMILES string of the molecule is CCC(N)c1ccc(C(=O)O)cc1Br. The highest BCUT2D eigenvalue weighted by atomic mass is 79.9. The molecule has 0 heterocycles. The van der Waals surface area contributed by atoms with Crippen molar-refractivity contribution in [1.82, 2.24) is 0 Å². The fourth-order valence-corrected chi connectivity index (χ4v) is 1.85. The second kappa shape index (κ2) is 4.57. The molecule has 0 fully saturated rings. The van der Waals surface area contributed by atoms with Gasteiger partial charge in [0.1, 0.15) is 0 Å². The van der Waals surface area contributed by atoms with Crippen molar-refractivity contribution in [2.24, 2.45) is 5.73 Å². The summed E-state index contributed by atoms with van der Waals surface area (Å²) in [5.74, 6) is -0.928. The average Bonchev–Trinajstić information content (AvgIpc) is 2.16. The third kappa shape index (κ3) is 2.33. The van der Waals surface area contributed by atoms with E-state index in [0.717, 1.165) is 16.5 Å². The molecule has 76 valence electrons. The van der Waals surface area contributed by atoms with E-state index in [1.165, 1.54) is 0 Å². The molecule has 1 unspecified atom stereocenters. The standard InChI is InChI=1S/C10H12BrNO2/c1-2-9(12)7-4-3-6(10(13)14)5-8(7)11/h3-5,9H,2,12H2,1H3,(H,13,14). The predicted molar refractivity (Wildman–Crippen MR) is 58.3 cm³/mol. The van der Waals surface area contributed by atoms with Crippen LogP contribution in [0.1, 0.15) is 35.3 Å². The molecule has 0 aliphatic rings. The maximum atomic E-state index is 10.7. The molecule has 0 bridgehead atoms. The number of aromatic carboxylic acids is 1. The lowest BCUT2D eigenvalue weighted by Crippen LogP contribution is -2.10. The lowest BCUT2D eigenvalue weighted by Gasteiger charge is -2.11. The van der Waals surface area contributed by atoms with E-state index in [0.29, 0.717) is 0 Å². The number of rotatable bonds is 3. The first-order valence-electron chi connectivity index (χ1n) is 4.34. The summed E-state index contributed by atoms with van der Waals surface area (Å²) < 4.78 is 0.756. The summed E-state index contributed by atoms with van der Waals surface area (Å²) in [6, 6.07) is 4.85. The first kappa shape index (κ1) is 11.2. The van der Waals surface area contributed by atoms with Crippen LogP contribution in [0.25, 0.3) is 0 Å². The highest BCUT2D eigenvalue weighted by Crippen LogP contribution is 2.25. The van der Waals surface area contributed by atoms with Gasteiger partial charge in [0.25, 0.3) is 0 Å². The highest BCUT2D eigenvalue weighted by molar-refractivity contribution is 9.10. The molecule has 0 aliphatic heterocycles. The highest BCUT2D eigenvalue weighted by Gasteiger charge is 2.10. The summed E-state index contributed by atoms with van der Waals surface area (Å²) in [4.78, 5) is 10.7. The van der Waals surface area contributed by atoms with E-state index in [9.17, 15) is 4.79 Å². The molecular weight excluding hydrogens is 246 g/mol. The third-order valence-corrected chi connectivity index (χ3v) is 2.77. The molecule has 1 aromatic rings. The van der Waals surface area contributed by atoms with Gasteiger partial charge in [0.2, 0.25) is 0 Å². The normalized spacial score (nSPS) is 12.5. The number of carboxylic acid groups (broad SMARTS) is 1. The fraction of sp³-hybridized carbons (Fsp3) is 0.300. The van der Waals surface area contributed by atoms with E-state index in [1.54, 1.807) is 18.2 Å². The van der Waals surface area contributed by atoms with Gasteiger partial charge in [-0.3, -0.25) is 0 Å². The van der Waals surface area contributed by atoms with Crippen LogP contribution >= 0.6 is 15.9 Å². The van der Waals surface area contributed by atoms with Crippen LogP contribution < -0.4 is 5.73 Å². The summed E-state index contributed by atoms with van der Waals surface area (Å²) in [5.41, 5.74) is 7.05. The van der Waals surface area contributed by atoms with E-state index in [-0.39, 0.29) is 11.6 Å². The van der Waals surface area contributed by atoms with Crippen molar-refractivity contribution in [2.75, 3.05) is 0 Å². The van der Waals surface area contributed by atoms with Crippen molar-refractivity contribution < 1.29 is 9.90 Å². The molecule has 0 aliphatic carbocycles. The zero-order valence-electron chi connectivity index (χ0n) is 7.83. The smallest absolute Gasteiger partial charge is 0.335 e. The molecule has 0 amide bonds. The zero-order valence-corrected chi connectivity index (χ0v) is 9.41. The molecule has 1 rings (SSSR count). The molecule has 3 N–H and O–H groups in total. The second-order valence-corrected chi connectivity index (χ2v) is 3.91. The van der Waals surface area contributed by atoms with Crippen LogP contribution in [-0.2, 0) is 0 Å². The molecule has 1 aromatic carbocycles. The minimum absolute atomic E-state index is 0.0489. The predicted octanol–water partition coefficient (Wildman–Crippen LogP) is 2.56. The molecule has 3 nitrogen and oxygen atoms in total. The van der Waals surface area contributed by atoms with E-state index >= 15 is 0 Å². The van der Waals surface area contributed by atoms with Crippen molar-refractivity contribution in [1.29, 1.82) is 0 Å². The van der Waals surface area contributed by atoms with Crippen molar-refractivity contribution in [3.63, 3.8) is 0 Å². The van der Waals surface area contributed by atoms with E-state index in [2.05, 4.69) is 15.9 Å². The Balaban J connectivity index is 3.07. The van der Waals surface area contributed by atoms with E-state index in [4.69, 9.17) is 10.8 Å². The van der Waals surface area contributed by atoms with Crippen molar-refractivity contribution >= 4 is 21.9 Å². The lowest BCUT2D eigenvalue weighted by atomic mass is 10.0. The van der Waals surface area contributed by atoms with Gasteiger partial charge in [0.15, 0.2) is 0 Å². The van der Waals surface area contributed by atoms with Crippen molar-refractivity contribution in [3.8, 4) is 0 Å². The topological polar surface area (TPSA) is 63.3 Å². The minimum Gasteiger partial charge on any atom is -0.478 e. The van der Waals surface area contributed by atoms with Crippen LogP contribution in [0.2, 0.25) is 0 Å². The summed E-state index contributed by atoms with van der Waals surface area (Å²) in [5, 5.41) is 8.74. The number of carbonyl (C=O) groups is 1. The summed E-state index contributed by atoms with van der Waals surface area (Å²) in [6.45, 7) is 1.99. The Morgan fingerprint density at radius 2 is 2.29 bits per heavy atom. The van der Waals surface area contributed by atoms with Crippen LogP contribution in [0.5, 0.6) is 0 Å². The van der Waals surface area contributed by atoms with Crippen LogP contribution in [0.4, 0.5) is 0 Å². The Morgan fingerprint density at radius 1 is 1.64 bits per heavy atom. The summed E-state index contributed by atoms with van der Waals surface area (Å²) in [7, 11) is 0. The van der Waals surface area contributed by atoms with E-state index in [1.807, 2.05) is 6.92 Å². The maximum absolute atomic E-state index is 10.7. The second-order valence-electron chi connectivity index (χ2n) is 3.06. The zero-order chi connectivity index (χ0) is 10.7. The Kier molecular flexibility index (Phi) is 3.66. The quantitative estimate of drug-likeness (QED) is 0.875. The first-order valence-corrected chi connectivity index (χ1v) is 5.14. The Morgan fingerprint density at radius 3 is 2.71 bits per heavy atom. The molecule has 0 radical (unpaired) electrons. The molecule has 14 heavy (non-hydrogen) atoms. The molecule has 0 saturated carbocycles. The van der Waals surface area contributed by atoms with Gasteiger partial charge in [-0.15, -0.1) is 0 Å². The van der Waals surface area contributed by atoms with Crippen LogP contribution in [0.15, 0.2) is 22.7 Å². The molecule has 0 saturated heterocycles. The van der Waals surface area contributed by atoms with Gasteiger partial charge < -0.3 is 10.8 Å². The van der Waals surface area contributed by atoms with Gasteiger partial charge >= 0.3 is 5.97 Å². The first-order chi connectivity index (χ1) is 6.56. The molecule has 0 spiro atoms. The van der Waals surface area contributed by atoms with Crippen LogP contribution in [0, 0.1) is 0 Å². The Bertz CT molecular complexity index is 352. The van der Waals surface area contributed by atoms with Gasteiger partial charge in [-0.25, -0.2) is 4.79 Å². The van der Waals surface area contributed by atoms with E-state index < -0.39 is 5.97 Å². The van der Waals surface area contributed by atoms with Crippen LogP contribution in [-0.4, -0.2) is 11.1 Å². The number of hydrogen-bond acceptors (Lipinski definition) is 2. The number of nitrogens with two attached hydrogens (primary N) is 1. The Hall–Kier alpha value is -0.870. The van der Waals surface area contributed by atoms with Gasteiger partial charge in [0, 0.05) is 10.5 Å². The number of benzene rings is 1. The molecule has 0 aromatic heterocycles. The Labute approximate surface area is 91.1 Å². The van der Waals surface area contributed by atoms with Crippen molar-refractivity contribution in [3.05, 3.63) is 33.8 Å². The molecule has 1 atom stereocenters. The third-order valence-electron chi connectivity index (χ3n) is 2.09. The number of carboxylic acids is 1. The maximum Gasteiger partial charge on any atom is 0.335 e. The van der Waals surface area contributed by atoms with Crippen LogP contribution in [0.3, 0.4) is 0 Å². The monoisotopic (exact) mass is 257 g/mol. The van der Waals surface area contributed by atoms with Gasteiger partial charge in [-0.1, -0.05) is 28.9 Å². The minimum atomic E-state index is -0.928. The molecular formula is C10H12BrNO2.